The highest BCUT2D eigenvalue weighted by atomic mass is 15.1. The molecule has 1 saturated heterocycles. The molecule has 0 aliphatic carbocycles. The van der Waals surface area contributed by atoms with Crippen LogP contribution in [0.3, 0.4) is 0 Å². The summed E-state index contributed by atoms with van der Waals surface area (Å²) in [4.78, 5) is 11.5. The Labute approximate surface area is 160 Å². The van der Waals surface area contributed by atoms with Crippen molar-refractivity contribution in [1.82, 2.24) is 9.97 Å². The second-order valence-corrected chi connectivity index (χ2v) is 6.99. The van der Waals surface area contributed by atoms with E-state index >= 15 is 0 Å². The molecule has 5 nitrogen and oxygen atoms in total. The van der Waals surface area contributed by atoms with E-state index in [1.807, 2.05) is 25.1 Å². The van der Waals surface area contributed by atoms with E-state index in [2.05, 4.69) is 68.8 Å². The molecule has 0 amide bonds. The normalized spacial score (nSPS) is 13.6. The quantitative estimate of drug-likeness (QED) is 0.657. The Morgan fingerprint density at radius 2 is 1.48 bits per heavy atom. The fourth-order valence-electron chi connectivity index (χ4n) is 3.43. The Morgan fingerprint density at radius 3 is 2.19 bits per heavy atom. The summed E-state index contributed by atoms with van der Waals surface area (Å²) in [5.41, 5.74) is 4.55. The molecule has 0 spiro atoms. The van der Waals surface area contributed by atoms with Crippen LogP contribution < -0.4 is 15.5 Å². The van der Waals surface area contributed by atoms with E-state index in [1.54, 1.807) is 0 Å². The van der Waals surface area contributed by atoms with Crippen molar-refractivity contribution in [3.05, 3.63) is 66.0 Å². The van der Waals surface area contributed by atoms with Crippen molar-refractivity contribution < 1.29 is 0 Å². The molecule has 4 rings (SSSR count). The lowest BCUT2D eigenvalue weighted by Crippen LogP contribution is -2.17. The zero-order valence-electron chi connectivity index (χ0n) is 15.9. The molecule has 2 N–H and O–H groups in total. The summed E-state index contributed by atoms with van der Waals surface area (Å²) in [5, 5.41) is 6.78. The van der Waals surface area contributed by atoms with Crippen LogP contribution in [-0.4, -0.2) is 23.1 Å². The lowest BCUT2D eigenvalue weighted by molar-refractivity contribution is 0.949. The number of nitrogens with zero attached hydrogens (tertiary/aromatic N) is 3. The van der Waals surface area contributed by atoms with E-state index in [1.165, 1.54) is 24.1 Å². The minimum Gasteiger partial charge on any atom is -0.372 e. The molecule has 1 aliphatic heterocycles. The number of aromatic nitrogens is 2. The molecule has 3 aromatic rings. The monoisotopic (exact) mass is 359 g/mol. The average Bonchev–Trinajstić information content (AvgIpc) is 3.19. The Hall–Kier alpha value is -3.08. The number of aryl methyl sites for hydroxylation is 2. The minimum atomic E-state index is 0.727. The molecule has 2 heterocycles. The molecule has 1 aliphatic rings. The highest BCUT2D eigenvalue weighted by Gasteiger charge is 2.12. The zero-order chi connectivity index (χ0) is 18.6. The second kappa shape index (κ2) is 7.66. The van der Waals surface area contributed by atoms with Crippen LogP contribution in [0.1, 0.15) is 24.2 Å². The van der Waals surface area contributed by atoms with Gasteiger partial charge in [-0.05, 0) is 62.6 Å². The summed E-state index contributed by atoms with van der Waals surface area (Å²) in [6.07, 6.45) is 2.58. The summed E-state index contributed by atoms with van der Waals surface area (Å²) < 4.78 is 0. The number of para-hydroxylation sites is 1. The van der Waals surface area contributed by atoms with Crippen molar-refractivity contribution in [3.8, 4) is 0 Å². The molecule has 0 atom stereocenters. The lowest BCUT2D eigenvalue weighted by Gasteiger charge is -2.18. The molecule has 27 heavy (non-hydrogen) atoms. The van der Waals surface area contributed by atoms with Crippen LogP contribution in [-0.2, 0) is 0 Å². The van der Waals surface area contributed by atoms with E-state index in [0.29, 0.717) is 0 Å². The fourth-order valence-corrected chi connectivity index (χ4v) is 3.43. The van der Waals surface area contributed by atoms with Gasteiger partial charge in [-0.15, -0.1) is 0 Å². The van der Waals surface area contributed by atoms with E-state index < -0.39 is 0 Å². The van der Waals surface area contributed by atoms with Crippen LogP contribution in [0.2, 0.25) is 0 Å². The van der Waals surface area contributed by atoms with Crippen molar-refractivity contribution in [1.29, 1.82) is 0 Å². The lowest BCUT2D eigenvalue weighted by atomic mass is 10.2. The van der Waals surface area contributed by atoms with Crippen molar-refractivity contribution in [2.24, 2.45) is 0 Å². The zero-order valence-corrected chi connectivity index (χ0v) is 15.9. The van der Waals surface area contributed by atoms with Gasteiger partial charge in [0.25, 0.3) is 0 Å². The molecule has 5 heteroatoms. The van der Waals surface area contributed by atoms with E-state index in [9.17, 15) is 0 Å². The summed E-state index contributed by atoms with van der Waals surface area (Å²) in [5.74, 6) is 2.30. The first-order valence-electron chi connectivity index (χ1n) is 9.48. The highest BCUT2D eigenvalue weighted by Crippen LogP contribution is 2.25. The predicted octanol–water partition coefficient (Wildman–Crippen LogP) is 5.18. The van der Waals surface area contributed by atoms with Gasteiger partial charge in [-0.1, -0.05) is 18.2 Å². The maximum Gasteiger partial charge on any atom is 0.136 e. The Bertz CT molecular complexity index is 914. The summed E-state index contributed by atoms with van der Waals surface area (Å²) in [6.45, 7) is 6.31. The van der Waals surface area contributed by atoms with E-state index in [4.69, 9.17) is 0 Å². The van der Waals surface area contributed by atoms with Gasteiger partial charge in [0, 0.05) is 36.2 Å². The van der Waals surface area contributed by atoms with E-state index in [0.717, 1.165) is 41.9 Å². The first kappa shape index (κ1) is 17.3. The topological polar surface area (TPSA) is 53.1 Å². The van der Waals surface area contributed by atoms with Crippen LogP contribution in [0.4, 0.5) is 28.7 Å². The standard InChI is InChI=1S/C22H25N5/c1-16-7-3-4-8-20(16)26-22-15-21(23-17(2)24-22)25-18-9-11-19(12-10-18)27-13-5-6-14-27/h3-4,7-12,15H,5-6,13-14H2,1-2H3,(H2,23,24,25,26). The van der Waals surface area contributed by atoms with Gasteiger partial charge in [-0.3, -0.25) is 0 Å². The molecular formula is C22H25N5. The molecule has 138 valence electrons. The van der Waals surface area contributed by atoms with Crippen molar-refractivity contribution >= 4 is 28.7 Å². The molecule has 0 radical (unpaired) electrons. The third kappa shape index (κ3) is 4.19. The van der Waals surface area contributed by atoms with Gasteiger partial charge >= 0.3 is 0 Å². The van der Waals surface area contributed by atoms with Crippen LogP contribution in [0.25, 0.3) is 0 Å². The first-order chi connectivity index (χ1) is 13.2. The summed E-state index contributed by atoms with van der Waals surface area (Å²) >= 11 is 0. The van der Waals surface area contributed by atoms with E-state index in [-0.39, 0.29) is 0 Å². The number of anilines is 5. The number of hydrogen-bond acceptors (Lipinski definition) is 5. The molecule has 0 unspecified atom stereocenters. The minimum absolute atomic E-state index is 0.727. The van der Waals surface area contributed by atoms with Gasteiger partial charge in [0.2, 0.25) is 0 Å². The van der Waals surface area contributed by atoms with Gasteiger partial charge in [0.05, 0.1) is 0 Å². The Morgan fingerprint density at radius 1 is 0.815 bits per heavy atom. The maximum absolute atomic E-state index is 4.52. The van der Waals surface area contributed by atoms with Gasteiger partial charge in [0.15, 0.2) is 0 Å². The number of benzene rings is 2. The third-order valence-corrected chi connectivity index (χ3v) is 4.86. The highest BCUT2D eigenvalue weighted by molar-refractivity contribution is 5.66. The van der Waals surface area contributed by atoms with Crippen LogP contribution >= 0.6 is 0 Å². The van der Waals surface area contributed by atoms with Crippen molar-refractivity contribution in [2.45, 2.75) is 26.7 Å². The summed E-state index contributed by atoms with van der Waals surface area (Å²) in [6, 6.07) is 18.7. The maximum atomic E-state index is 4.52. The number of rotatable bonds is 5. The average molecular weight is 359 g/mol. The van der Waals surface area contributed by atoms with Gasteiger partial charge < -0.3 is 15.5 Å². The predicted molar refractivity (Wildman–Crippen MR) is 112 cm³/mol. The SMILES string of the molecule is Cc1nc(Nc2ccc(N3CCCC3)cc2)cc(Nc2ccccc2C)n1. The second-order valence-electron chi connectivity index (χ2n) is 6.99. The van der Waals surface area contributed by atoms with Gasteiger partial charge in [-0.2, -0.15) is 0 Å². The Balaban J connectivity index is 1.50. The van der Waals surface area contributed by atoms with Gasteiger partial charge in [-0.25, -0.2) is 9.97 Å². The molecule has 1 aromatic heterocycles. The largest absolute Gasteiger partial charge is 0.372 e. The molecule has 1 fully saturated rings. The van der Waals surface area contributed by atoms with Crippen LogP contribution in [0.5, 0.6) is 0 Å². The summed E-state index contributed by atoms with van der Waals surface area (Å²) in [7, 11) is 0. The van der Waals surface area contributed by atoms with Crippen molar-refractivity contribution in [3.63, 3.8) is 0 Å². The third-order valence-electron chi connectivity index (χ3n) is 4.86. The Kier molecular flexibility index (Phi) is 4.92. The number of hydrogen-bond donors (Lipinski definition) is 2. The van der Waals surface area contributed by atoms with Crippen LogP contribution in [0, 0.1) is 13.8 Å². The van der Waals surface area contributed by atoms with Crippen LogP contribution in [0.15, 0.2) is 54.6 Å². The smallest absolute Gasteiger partial charge is 0.136 e. The molecule has 2 aromatic carbocycles. The number of nitrogens with one attached hydrogen (secondary N) is 2. The van der Waals surface area contributed by atoms with Gasteiger partial charge in [0.1, 0.15) is 17.5 Å². The first-order valence-corrected chi connectivity index (χ1v) is 9.48. The molecule has 0 bridgehead atoms. The van der Waals surface area contributed by atoms with Crippen molar-refractivity contribution in [2.75, 3.05) is 28.6 Å². The molecule has 0 saturated carbocycles. The fraction of sp³-hybridized carbons (Fsp3) is 0.273. The molecular weight excluding hydrogens is 334 g/mol.